The molecule has 1 aliphatic rings. The molecule has 1 aliphatic heterocycles. The van der Waals surface area contributed by atoms with E-state index in [1.54, 1.807) is 24.3 Å². The normalized spacial score (nSPS) is 12.9. The predicted octanol–water partition coefficient (Wildman–Crippen LogP) is 0.0662. The van der Waals surface area contributed by atoms with Crippen LogP contribution in [0.5, 0.6) is 0 Å². The second-order valence-electron chi connectivity index (χ2n) is 4.15. The van der Waals surface area contributed by atoms with Crippen molar-refractivity contribution >= 4 is 30.1 Å². The van der Waals surface area contributed by atoms with Gasteiger partial charge in [-0.05, 0) is 12.1 Å². The number of carbonyl (C=O) groups excluding carboxylic acids is 3. The smallest absolute Gasteiger partial charge is 0.262 e. The molecule has 0 bridgehead atoms. The van der Waals surface area contributed by atoms with Crippen LogP contribution in [0.2, 0.25) is 0 Å². The van der Waals surface area contributed by atoms with Crippen molar-refractivity contribution in [3.63, 3.8) is 0 Å². The summed E-state index contributed by atoms with van der Waals surface area (Å²) in [5.74, 6) is -1.45. The molecule has 0 spiro atoms. The highest BCUT2D eigenvalue weighted by atomic mass is 35.5. The van der Waals surface area contributed by atoms with Crippen molar-refractivity contribution in [3.05, 3.63) is 48.0 Å². The molecule has 0 fully saturated rings. The van der Waals surface area contributed by atoms with Gasteiger partial charge in [-0.1, -0.05) is 12.1 Å². The summed E-state index contributed by atoms with van der Waals surface area (Å²) in [5.41, 5.74) is 3.05. The Morgan fingerprint density at radius 2 is 1.57 bits per heavy atom. The predicted molar refractivity (Wildman–Crippen MR) is 73.4 cm³/mol. The van der Waals surface area contributed by atoms with Gasteiger partial charge in [-0.15, -0.1) is 22.6 Å². The molecule has 0 unspecified atom stereocenters. The van der Waals surface area contributed by atoms with Crippen LogP contribution in [0.3, 0.4) is 0 Å². The lowest BCUT2D eigenvalue weighted by Gasteiger charge is -2.13. The number of fused-ring (bicyclic) bond motifs is 1. The summed E-state index contributed by atoms with van der Waals surface area (Å²) in [4.78, 5) is 36.8. The first-order valence-corrected chi connectivity index (χ1v) is 5.76. The van der Waals surface area contributed by atoms with Crippen LogP contribution in [-0.4, -0.2) is 44.0 Å². The number of rotatable bonds is 3. The van der Waals surface area contributed by atoms with Gasteiger partial charge in [-0.2, -0.15) is 0 Å². The fourth-order valence-electron chi connectivity index (χ4n) is 1.96. The van der Waals surface area contributed by atoms with Crippen LogP contribution in [0.1, 0.15) is 20.7 Å². The molecule has 0 saturated heterocycles. The van der Waals surface area contributed by atoms with Crippen molar-refractivity contribution in [2.24, 2.45) is 0 Å². The first-order chi connectivity index (χ1) is 9.66. The van der Waals surface area contributed by atoms with Crippen molar-refractivity contribution < 1.29 is 14.4 Å². The molecule has 1 N–H and O–H groups in total. The lowest BCUT2D eigenvalue weighted by molar-refractivity contribution is -0.117. The van der Waals surface area contributed by atoms with E-state index in [9.17, 15) is 14.4 Å². The monoisotopic (exact) mass is 307 g/mol. The largest absolute Gasteiger partial charge is 0.271 e. The van der Waals surface area contributed by atoms with E-state index in [1.165, 1.54) is 17.3 Å². The van der Waals surface area contributed by atoms with Crippen LogP contribution in [-0.2, 0) is 4.79 Å². The number of nitrogens with one attached hydrogen (secondary N) is 1. The third kappa shape index (κ3) is 2.61. The number of hydrogen-bond acceptors (Lipinski definition) is 5. The Bertz CT molecular complexity index is 666. The second-order valence-corrected chi connectivity index (χ2v) is 4.15. The van der Waals surface area contributed by atoms with E-state index in [2.05, 4.69) is 15.6 Å². The molecule has 21 heavy (non-hydrogen) atoms. The maximum absolute atomic E-state index is 12.0. The number of imide groups is 1. The van der Waals surface area contributed by atoms with Gasteiger partial charge in [0.2, 0.25) is 0 Å². The third-order valence-electron chi connectivity index (χ3n) is 2.85. The number of hydrogen-bond donors (Lipinski definition) is 1. The summed E-state index contributed by atoms with van der Waals surface area (Å²) < 4.78 is 1.24. The van der Waals surface area contributed by atoms with Crippen molar-refractivity contribution in [1.29, 1.82) is 0 Å². The quantitative estimate of drug-likeness (QED) is 0.809. The fourth-order valence-corrected chi connectivity index (χ4v) is 1.96. The average Bonchev–Trinajstić information content (AvgIpc) is 3.03. The van der Waals surface area contributed by atoms with Crippen molar-refractivity contribution in [2.45, 2.75) is 0 Å². The molecule has 8 nitrogen and oxygen atoms in total. The zero-order chi connectivity index (χ0) is 14.1. The molecular weight excluding hydrogens is 298 g/mol. The molecule has 3 amide bonds. The van der Waals surface area contributed by atoms with E-state index >= 15 is 0 Å². The van der Waals surface area contributed by atoms with E-state index in [4.69, 9.17) is 0 Å². The van der Waals surface area contributed by atoms with E-state index in [-0.39, 0.29) is 19.0 Å². The molecule has 0 radical (unpaired) electrons. The van der Waals surface area contributed by atoms with Gasteiger partial charge in [0.1, 0.15) is 19.2 Å². The Labute approximate surface area is 125 Å². The highest BCUT2D eigenvalue weighted by Gasteiger charge is 2.36. The molecule has 2 aromatic rings. The summed E-state index contributed by atoms with van der Waals surface area (Å²) in [7, 11) is 0. The summed E-state index contributed by atoms with van der Waals surface area (Å²) >= 11 is 0. The zero-order valence-electron chi connectivity index (χ0n) is 10.6. The lowest BCUT2D eigenvalue weighted by atomic mass is 10.1. The Morgan fingerprint density at radius 3 is 2.10 bits per heavy atom. The minimum absolute atomic E-state index is 0. The SMILES string of the molecule is Cl.O=C(CN1C(=O)c2ccccc2C1=O)Nn1cnnc1. The number of aromatic nitrogens is 3. The van der Waals surface area contributed by atoms with E-state index in [1.807, 2.05) is 0 Å². The molecular formula is C12H10ClN5O3. The fraction of sp³-hybridized carbons (Fsp3) is 0.0833. The highest BCUT2D eigenvalue weighted by molar-refractivity contribution is 6.22. The van der Waals surface area contributed by atoms with E-state index in [0.29, 0.717) is 11.1 Å². The van der Waals surface area contributed by atoms with Crippen LogP contribution in [0.15, 0.2) is 36.9 Å². The lowest BCUT2D eigenvalue weighted by Crippen LogP contribution is -2.39. The Kier molecular flexibility index (Phi) is 3.99. The van der Waals surface area contributed by atoms with Crippen LogP contribution in [0, 0.1) is 0 Å². The Balaban J connectivity index is 0.00000161. The molecule has 0 saturated carbocycles. The number of carbonyl (C=O) groups is 3. The number of nitrogens with zero attached hydrogens (tertiary/aromatic N) is 4. The van der Waals surface area contributed by atoms with Gasteiger partial charge in [0.25, 0.3) is 17.7 Å². The molecule has 108 valence electrons. The summed E-state index contributed by atoms with van der Waals surface area (Å²) in [6.07, 6.45) is 2.58. The van der Waals surface area contributed by atoms with Gasteiger partial charge in [-0.3, -0.25) is 24.7 Å². The van der Waals surface area contributed by atoms with Gasteiger partial charge >= 0.3 is 0 Å². The first-order valence-electron chi connectivity index (χ1n) is 5.76. The van der Waals surface area contributed by atoms with E-state index in [0.717, 1.165) is 4.90 Å². The Morgan fingerprint density at radius 1 is 1.05 bits per heavy atom. The van der Waals surface area contributed by atoms with Crippen molar-refractivity contribution in [3.8, 4) is 0 Å². The van der Waals surface area contributed by atoms with Crippen LogP contribution >= 0.6 is 12.4 Å². The van der Waals surface area contributed by atoms with Gasteiger partial charge < -0.3 is 0 Å². The number of amides is 3. The maximum Gasteiger partial charge on any atom is 0.262 e. The highest BCUT2D eigenvalue weighted by Crippen LogP contribution is 2.21. The van der Waals surface area contributed by atoms with Gasteiger partial charge in [0.05, 0.1) is 11.1 Å². The molecule has 0 aliphatic carbocycles. The third-order valence-corrected chi connectivity index (χ3v) is 2.85. The summed E-state index contributed by atoms with van der Waals surface area (Å²) in [6.45, 7) is -0.357. The second kappa shape index (κ2) is 5.71. The summed E-state index contributed by atoms with van der Waals surface area (Å²) in [6, 6.07) is 6.47. The van der Waals surface area contributed by atoms with Crippen LogP contribution < -0.4 is 5.43 Å². The van der Waals surface area contributed by atoms with Gasteiger partial charge in [-0.25, -0.2) is 4.68 Å². The molecule has 1 aromatic carbocycles. The molecule has 9 heteroatoms. The molecule has 2 heterocycles. The summed E-state index contributed by atoms with van der Waals surface area (Å²) in [5, 5.41) is 7.04. The topological polar surface area (TPSA) is 97.2 Å². The zero-order valence-corrected chi connectivity index (χ0v) is 11.4. The minimum Gasteiger partial charge on any atom is -0.271 e. The van der Waals surface area contributed by atoms with E-state index < -0.39 is 17.7 Å². The molecule has 0 atom stereocenters. The van der Waals surface area contributed by atoms with Gasteiger partial charge in [0.15, 0.2) is 0 Å². The number of halogens is 1. The van der Waals surface area contributed by atoms with Crippen LogP contribution in [0.4, 0.5) is 0 Å². The minimum atomic E-state index is -0.515. The standard InChI is InChI=1S/C12H9N5O3.ClH/c18-10(15-16-6-13-14-7-16)5-17-11(19)8-3-1-2-4-9(8)12(17)20;/h1-4,6-7H,5H2,(H,15,18);1H. The molecule has 3 rings (SSSR count). The van der Waals surface area contributed by atoms with Crippen molar-refractivity contribution in [2.75, 3.05) is 12.0 Å². The maximum atomic E-state index is 12.0. The van der Waals surface area contributed by atoms with Crippen LogP contribution in [0.25, 0.3) is 0 Å². The number of benzene rings is 1. The average molecular weight is 308 g/mol. The molecule has 1 aromatic heterocycles. The first kappa shape index (κ1) is 14.7. The Hall–Kier alpha value is -2.74. The van der Waals surface area contributed by atoms with Crippen molar-refractivity contribution in [1.82, 2.24) is 19.8 Å². The van der Waals surface area contributed by atoms with Gasteiger partial charge in [0, 0.05) is 0 Å².